The van der Waals surface area contributed by atoms with Crippen LogP contribution in [0.15, 0.2) is 24.3 Å². The van der Waals surface area contributed by atoms with Crippen molar-refractivity contribution in [1.82, 2.24) is 14.7 Å². The molecule has 2 heterocycles. The van der Waals surface area contributed by atoms with Crippen LogP contribution in [0.25, 0.3) is 0 Å². The zero-order chi connectivity index (χ0) is 21.0. The van der Waals surface area contributed by atoms with E-state index in [9.17, 15) is 9.59 Å². The maximum absolute atomic E-state index is 12.8. The number of amides is 1. The Morgan fingerprint density at radius 1 is 1.17 bits per heavy atom. The van der Waals surface area contributed by atoms with Crippen molar-refractivity contribution >= 4 is 35.1 Å². The highest BCUT2D eigenvalue weighted by atomic mass is 35.5. The summed E-state index contributed by atoms with van der Waals surface area (Å²) in [6.45, 7) is 5.40. The first-order valence-electron chi connectivity index (χ1n) is 9.94. The summed E-state index contributed by atoms with van der Waals surface area (Å²) in [4.78, 5) is 26.7. The topological polar surface area (TPSA) is 64.4 Å². The van der Waals surface area contributed by atoms with Crippen molar-refractivity contribution in [3.63, 3.8) is 0 Å². The van der Waals surface area contributed by atoms with Gasteiger partial charge in [-0.3, -0.25) is 9.48 Å². The number of aromatic nitrogens is 2. The van der Waals surface area contributed by atoms with E-state index in [0.29, 0.717) is 41.0 Å². The van der Waals surface area contributed by atoms with Gasteiger partial charge in [-0.1, -0.05) is 36.5 Å². The SMILES string of the molecule is CCCc1cc(C(=O)OCC)nn1C1CCN(C(=O)c2ccc(Cl)cc2Cl)CC1. The van der Waals surface area contributed by atoms with E-state index < -0.39 is 5.97 Å². The van der Waals surface area contributed by atoms with Crippen LogP contribution in [0.5, 0.6) is 0 Å². The van der Waals surface area contributed by atoms with Crippen molar-refractivity contribution < 1.29 is 14.3 Å². The lowest BCUT2D eigenvalue weighted by Crippen LogP contribution is -2.39. The van der Waals surface area contributed by atoms with Crippen LogP contribution in [-0.4, -0.2) is 46.3 Å². The van der Waals surface area contributed by atoms with E-state index in [1.807, 2.05) is 10.7 Å². The number of carbonyl (C=O) groups is 2. The molecule has 1 aliphatic rings. The fraction of sp³-hybridized carbons (Fsp3) is 0.476. The van der Waals surface area contributed by atoms with Crippen LogP contribution in [0.3, 0.4) is 0 Å². The Bertz CT molecular complexity index is 889. The Balaban J connectivity index is 1.71. The Morgan fingerprint density at radius 2 is 1.90 bits per heavy atom. The molecule has 3 rings (SSSR count). The number of halogens is 2. The molecule has 1 aliphatic heterocycles. The molecule has 0 unspecified atom stereocenters. The third-order valence-electron chi connectivity index (χ3n) is 5.06. The summed E-state index contributed by atoms with van der Waals surface area (Å²) in [5.41, 5.74) is 1.84. The molecule has 0 bridgehead atoms. The van der Waals surface area contributed by atoms with Crippen LogP contribution in [0.1, 0.15) is 65.7 Å². The number of piperidine rings is 1. The van der Waals surface area contributed by atoms with Crippen molar-refractivity contribution in [1.29, 1.82) is 0 Å². The second kappa shape index (κ2) is 9.63. The van der Waals surface area contributed by atoms with Crippen molar-refractivity contribution in [2.45, 2.75) is 45.6 Å². The maximum Gasteiger partial charge on any atom is 0.358 e. The molecular formula is C21H25Cl2N3O3. The average molecular weight is 438 g/mol. The number of hydrogen-bond donors (Lipinski definition) is 0. The Morgan fingerprint density at radius 3 is 2.52 bits per heavy atom. The summed E-state index contributed by atoms with van der Waals surface area (Å²) in [7, 11) is 0. The summed E-state index contributed by atoms with van der Waals surface area (Å²) >= 11 is 12.1. The fourth-order valence-electron chi connectivity index (χ4n) is 3.64. The summed E-state index contributed by atoms with van der Waals surface area (Å²) in [6.07, 6.45) is 3.32. The third-order valence-corrected chi connectivity index (χ3v) is 5.61. The van der Waals surface area contributed by atoms with Gasteiger partial charge in [-0.05, 0) is 50.5 Å². The first kappa shape index (κ1) is 21.7. The minimum atomic E-state index is -0.395. The van der Waals surface area contributed by atoms with E-state index in [0.717, 1.165) is 31.4 Å². The van der Waals surface area contributed by atoms with Crippen molar-refractivity contribution in [2.24, 2.45) is 0 Å². The molecule has 0 radical (unpaired) electrons. The molecular weight excluding hydrogens is 413 g/mol. The summed E-state index contributed by atoms with van der Waals surface area (Å²) in [5.74, 6) is -0.486. The average Bonchev–Trinajstić information content (AvgIpc) is 3.12. The van der Waals surface area contributed by atoms with E-state index in [1.165, 1.54) is 0 Å². The molecule has 0 spiro atoms. The van der Waals surface area contributed by atoms with Crippen LogP contribution in [-0.2, 0) is 11.2 Å². The van der Waals surface area contributed by atoms with Gasteiger partial charge in [0.15, 0.2) is 5.69 Å². The molecule has 6 nitrogen and oxygen atoms in total. The summed E-state index contributed by atoms with van der Waals surface area (Å²) < 4.78 is 7.04. The Labute approximate surface area is 180 Å². The van der Waals surface area contributed by atoms with Crippen molar-refractivity contribution in [3.05, 3.63) is 51.3 Å². The number of rotatable bonds is 6. The van der Waals surface area contributed by atoms with Crippen LogP contribution >= 0.6 is 23.2 Å². The number of hydrogen-bond acceptors (Lipinski definition) is 4. The molecule has 29 heavy (non-hydrogen) atoms. The normalized spacial score (nSPS) is 14.8. The molecule has 8 heteroatoms. The van der Waals surface area contributed by atoms with Gasteiger partial charge in [0.1, 0.15) is 0 Å². The second-order valence-corrected chi connectivity index (χ2v) is 7.93. The smallest absolute Gasteiger partial charge is 0.358 e. The standard InChI is InChI=1S/C21H25Cl2N3O3/c1-3-5-16-13-19(21(28)29-4-2)24-26(16)15-8-10-25(11-9-15)20(27)17-7-6-14(22)12-18(17)23/h6-7,12-13,15H,3-5,8-11H2,1-2H3. The Hall–Kier alpha value is -2.05. The first-order valence-corrected chi connectivity index (χ1v) is 10.7. The quantitative estimate of drug-likeness (QED) is 0.608. The van der Waals surface area contributed by atoms with Crippen molar-refractivity contribution in [3.8, 4) is 0 Å². The molecule has 1 amide bonds. The lowest BCUT2D eigenvalue weighted by atomic mass is 10.0. The van der Waals surface area contributed by atoms with Crippen LogP contribution in [0.2, 0.25) is 10.0 Å². The molecule has 0 aliphatic carbocycles. The van der Waals surface area contributed by atoms with Gasteiger partial charge in [-0.2, -0.15) is 5.10 Å². The van der Waals surface area contributed by atoms with Gasteiger partial charge < -0.3 is 9.64 Å². The molecule has 0 atom stereocenters. The van der Waals surface area contributed by atoms with Gasteiger partial charge in [0, 0.05) is 23.8 Å². The second-order valence-electron chi connectivity index (χ2n) is 7.08. The van der Waals surface area contributed by atoms with Gasteiger partial charge in [-0.15, -0.1) is 0 Å². The largest absolute Gasteiger partial charge is 0.461 e. The number of likely N-dealkylation sites (tertiary alicyclic amines) is 1. The molecule has 1 aromatic carbocycles. The van der Waals surface area contributed by atoms with Gasteiger partial charge in [-0.25, -0.2) is 4.79 Å². The summed E-state index contributed by atoms with van der Waals surface area (Å²) in [6, 6.07) is 6.89. The van der Waals surface area contributed by atoms with Crippen LogP contribution < -0.4 is 0 Å². The first-order chi connectivity index (χ1) is 13.9. The van der Waals surface area contributed by atoms with E-state index in [-0.39, 0.29) is 11.9 Å². The van der Waals surface area contributed by atoms with Gasteiger partial charge in [0.2, 0.25) is 0 Å². The van der Waals surface area contributed by atoms with Gasteiger partial charge in [0.25, 0.3) is 5.91 Å². The number of ether oxygens (including phenoxy) is 1. The number of nitrogens with zero attached hydrogens (tertiary/aromatic N) is 3. The minimum absolute atomic E-state index is 0.0911. The van der Waals surface area contributed by atoms with E-state index in [1.54, 1.807) is 30.0 Å². The van der Waals surface area contributed by atoms with Crippen LogP contribution in [0.4, 0.5) is 0 Å². The maximum atomic E-state index is 12.8. The van der Waals surface area contributed by atoms with Crippen molar-refractivity contribution in [2.75, 3.05) is 19.7 Å². The number of esters is 1. The summed E-state index contributed by atoms with van der Waals surface area (Å²) in [5, 5.41) is 5.39. The monoisotopic (exact) mass is 437 g/mol. The van der Waals surface area contributed by atoms with E-state index in [2.05, 4.69) is 12.0 Å². The lowest BCUT2D eigenvalue weighted by molar-refractivity contribution is 0.0517. The Kier molecular flexibility index (Phi) is 7.19. The molecule has 0 saturated carbocycles. The molecule has 0 N–H and O–H groups in total. The minimum Gasteiger partial charge on any atom is -0.461 e. The van der Waals surface area contributed by atoms with E-state index >= 15 is 0 Å². The fourth-order valence-corrected chi connectivity index (χ4v) is 4.13. The molecule has 2 aromatic rings. The number of aryl methyl sites for hydroxylation is 1. The van der Waals surface area contributed by atoms with Gasteiger partial charge >= 0.3 is 5.97 Å². The van der Waals surface area contributed by atoms with Gasteiger partial charge in [0.05, 0.1) is 23.2 Å². The highest BCUT2D eigenvalue weighted by Crippen LogP contribution is 2.28. The van der Waals surface area contributed by atoms with Crippen LogP contribution in [0, 0.1) is 0 Å². The number of benzene rings is 1. The molecule has 1 aromatic heterocycles. The predicted molar refractivity (Wildman–Crippen MR) is 113 cm³/mol. The highest BCUT2D eigenvalue weighted by Gasteiger charge is 2.28. The molecule has 156 valence electrons. The lowest BCUT2D eigenvalue weighted by Gasteiger charge is -2.33. The zero-order valence-electron chi connectivity index (χ0n) is 16.7. The van der Waals surface area contributed by atoms with E-state index in [4.69, 9.17) is 27.9 Å². The molecule has 1 saturated heterocycles. The number of carbonyl (C=O) groups excluding carboxylic acids is 2. The third kappa shape index (κ3) is 4.93. The predicted octanol–water partition coefficient (Wildman–Crippen LogP) is 4.80. The molecule has 1 fully saturated rings. The zero-order valence-corrected chi connectivity index (χ0v) is 18.2. The highest BCUT2D eigenvalue weighted by molar-refractivity contribution is 6.36.